The van der Waals surface area contributed by atoms with E-state index in [9.17, 15) is 13.6 Å². The molecule has 2 saturated heterocycles. The predicted octanol–water partition coefficient (Wildman–Crippen LogP) is 1.42. The summed E-state index contributed by atoms with van der Waals surface area (Å²) in [6, 6.07) is -0.229. The van der Waals surface area contributed by atoms with Crippen LogP contribution in [0, 0.1) is 0 Å². The van der Waals surface area contributed by atoms with Crippen LogP contribution in [0.25, 0.3) is 0 Å². The van der Waals surface area contributed by atoms with Gasteiger partial charge in [-0.3, -0.25) is 4.79 Å². The summed E-state index contributed by atoms with van der Waals surface area (Å²) >= 11 is 0. The highest BCUT2D eigenvalue weighted by molar-refractivity contribution is 5.85. The predicted molar refractivity (Wildman–Crippen MR) is 59.0 cm³/mol. The Morgan fingerprint density at radius 2 is 2.12 bits per heavy atom. The first kappa shape index (κ1) is 13.6. The van der Waals surface area contributed by atoms with Crippen LogP contribution in [0.4, 0.5) is 8.78 Å². The fourth-order valence-electron chi connectivity index (χ4n) is 2.21. The van der Waals surface area contributed by atoms with E-state index in [1.54, 1.807) is 0 Å². The molecule has 2 aliphatic heterocycles. The molecule has 94 valence electrons. The molecule has 2 heterocycles. The number of amides is 1. The lowest BCUT2D eigenvalue weighted by Gasteiger charge is -2.27. The van der Waals surface area contributed by atoms with Crippen molar-refractivity contribution in [3.63, 3.8) is 0 Å². The molecule has 0 aromatic heterocycles. The van der Waals surface area contributed by atoms with Crippen LogP contribution in [-0.2, 0) is 4.79 Å². The summed E-state index contributed by atoms with van der Waals surface area (Å²) in [4.78, 5) is 13.1. The SMILES string of the molecule is Cl.O=C([C@H]1CCCCN1)N1CCC(F)(F)C1. The van der Waals surface area contributed by atoms with Crippen molar-refractivity contribution >= 4 is 18.3 Å². The second kappa shape index (κ2) is 5.27. The Kier molecular flexibility index (Phi) is 4.50. The number of halogens is 3. The largest absolute Gasteiger partial charge is 0.335 e. The van der Waals surface area contributed by atoms with Crippen LogP contribution >= 0.6 is 12.4 Å². The average Bonchev–Trinajstić information content (AvgIpc) is 2.59. The molecule has 0 unspecified atom stereocenters. The van der Waals surface area contributed by atoms with Crippen molar-refractivity contribution in [3.8, 4) is 0 Å². The molecule has 0 bridgehead atoms. The normalized spacial score (nSPS) is 28.6. The zero-order valence-electron chi connectivity index (χ0n) is 9.05. The zero-order valence-corrected chi connectivity index (χ0v) is 9.86. The number of hydrogen-bond acceptors (Lipinski definition) is 2. The molecule has 2 fully saturated rings. The molecule has 2 rings (SSSR count). The molecular weight excluding hydrogens is 238 g/mol. The first-order valence-corrected chi connectivity index (χ1v) is 5.48. The van der Waals surface area contributed by atoms with Gasteiger partial charge in [0.05, 0.1) is 12.6 Å². The molecule has 0 aromatic carbocycles. The number of carbonyl (C=O) groups is 1. The van der Waals surface area contributed by atoms with E-state index >= 15 is 0 Å². The number of nitrogens with zero attached hydrogens (tertiary/aromatic N) is 1. The van der Waals surface area contributed by atoms with E-state index < -0.39 is 12.5 Å². The van der Waals surface area contributed by atoms with Crippen LogP contribution in [0.2, 0.25) is 0 Å². The zero-order chi connectivity index (χ0) is 10.9. The molecule has 0 radical (unpaired) electrons. The molecule has 16 heavy (non-hydrogen) atoms. The summed E-state index contributed by atoms with van der Waals surface area (Å²) in [5, 5.41) is 3.09. The maximum absolute atomic E-state index is 12.9. The quantitative estimate of drug-likeness (QED) is 0.768. The monoisotopic (exact) mass is 254 g/mol. The van der Waals surface area contributed by atoms with Gasteiger partial charge in [0.25, 0.3) is 5.92 Å². The van der Waals surface area contributed by atoms with E-state index in [0.29, 0.717) is 0 Å². The minimum Gasteiger partial charge on any atom is -0.335 e. The Hall–Kier alpha value is -0.420. The number of rotatable bonds is 1. The van der Waals surface area contributed by atoms with Crippen molar-refractivity contribution < 1.29 is 13.6 Å². The van der Waals surface area contributed by atoms with Crippen LogP contribution in [0.15, 0.2) is 0 Å². The number of carbonyl (C=O) groups excluding carboxylic acids is 1. The molecule has 2 aliphatic rings. The van der Waals surface area contributed by atoms with Gasteiger partial charge in [0, 0.05) is 13.0 Å². The van der Waals surface area contributed by atoms with Crippen LogP contribution in [0.3, 0.4) is 0 Å². The van der Waals surface area contributed by atoms with Crippen LogP contribution < -0.4 is 5.32 Å². The van der Waals surface area contributed by atoms with Gasteiger partial charge in [-0.2, -0.15) is 0 Å². The molecule has 1 N–H and O–H groups in total. The maximum Gasteiger partial charge on any atom is 0.267 e. The molecule has 0 saturated carbocycles. The number of hydrogen-bond donors (Lipinski definition) is 1. The number of nitrogens with one attached hydrogen (secondary N) is 1. The van der Waals surface area contributed by atoms with Crippen molar-refractivity contribution in [2.24, 2.45) is 0 Å². The molecule has 6 heteroatoms. The van der Waals surface area contributed by atoms with Gasteiger partial charge in [0.15, 0.2) is 0 Å². The van der Waals surface area contributed by atoms with Gasteiger partial charge in [0.2, 0.25) is 5.91 Å². The lowest BCUT2D eigenvalue weighted by Crippen LogP contribution is -2.48. The number of piperidine rings is 1. The van der Waals surface area contributed by atoms with Crippen molar-refractivity contribution in [1.82, 2.24) is 10.2 Å². The summed E-state index contributed by atoms with van der Waals surface area (Å²) in [5.41, 5.74) is 0. The standard InChI is InChI=1S/C10H16F2N2O.ClH/c11-10(12)4-6-14(7-10)9(15)8-3-1-2-5-13-8;/h8,13H,1-7H2;1H/t8-;/m1./s1. The third-order valence-corrected chi connectivity index (χ3v) is 3.09. The van der Waals surface area contributed by atoms with Crippen LogP contribution in [0.1, 0.15) is 25.7 Å². The average molecular weight is 255 g/mol. The highest BCUT2D eigenvalue weighted by Gasteiger charge is 2.41. The van der Waals surface area contributed by atoms with Crippen molar-refractivity contribution in [1.29, 1.82) is 0 Å². The van der Waals surface area contributed by atoms with Crippen LogP contribution in [-0.4, -0.2) is 42.4 Å². The summed E-state index contributed by atoms with van der Waals surface area (Å²) in [5.74, 6) is -2.82. The molecule has 0 aromatic rings. The first-order chi connectivity index (χ1) is 7.08. The fraction of sp³-hybridized carbons (Fsp3) is 0.900. The van der Waals surface area contributed by atoms with Gasteiger partial charge in [0.1, 0.15) is 0 Å². The van der Waals surface area contributed by atoms with Gasteiger partial charge in [-0.15, -0.1) is 12.4 Å². The highest BCUT2D eigenvalue weighted by atomic mass is 35.5. The minimum atomic E-state index is -2.68. The third-order valence-electron chi connectivity index (χ3n) is 3.09. The maximum atomic E-state index is 12.9. The van der Waals surface area contributed by atoms with E-state index in [2.05, 4.69) is 5.32 Å². The van der Waals surface area contributed by atoms with Crippen LogP contribution in [0.5, 0.6) is 0 Å². The van der Waals surface area contributed by atoms with Gasteiger partial charge >= 0.3 is 0 Å². The van der Waals surface area contributed by atoms with Crippen molar-refractivity contribution in [2.45, 2.75) is 37.6 Å². The minimum absolute atomic E-state index is 0. The molecule has 3 nitrogen and oxygen atoms in total. The summed E-state index contributed by atoms with van der Waals surface area (Å²) in [6.07, 6.45) is 2.67. The lowest BCUT2D eigenvalue weighted by molar-refractivity contribution is -0.134. The molecular formula is C10H17ClF2N2O. The third kappa shape index (κ3) is 3.04. The lowest BCUT2D eigenvalue weighted by atomic mass is 10.0. The Labute approximate surface area is 100.0 Å². The van der Waals surface area contributed by atoms with E-state index in [-0.39, 0.29) is 37.3 Å². The topological polar surface area (TPSA) is 32.3 Å². The summed E-state index contributed by atoms with van der Waals surface area (Å²) < 4.78 is 25.8. The fourth-order valence-corrected chi connectivity index (χ4v) is 2.21. The van der Waals surface area contributed by atoms with Crippen molar-refractivity contribution in [2.75, 3.05) is 19.6 Å². The summed E-state index contributed by atoms with van der Waals surface area (Å²) in [6.45, 7) is 0.620. The number of alkyl halides is 2. The highest BCUT2D eigenvalue weighted by Crippen LogP contribution is 2.27. The molecule has 0 spiro atoms. The van der Waals surface area contributed by atoms with Gasteiger partial charge in [-0.1, -0.05) is 6.42 Å². The smallest absolute Gasteiger partial charge is 0.267 e. The molecule has 0 aliphatic carbocycles. The van der Waals surface area contributed by atoms with E-state index in [0.717, 1.165) is 25.8 Å². The summed E-state index contributed by atoms with van der Waals surface area (Å²) in [7, 11) is 0. The molecule has 1 atom stereocenters. The van der Waals surface area contributed by atoms with E-state index in [4.69, 9.17) is 0 Å². The Morgan fingerprint density at radius 1 is 1.38 bits per heavy atom. The van der Waals surface area contributed by atoms with Crippen molar-refractivity contribution in [3.05, 3.63) is 0 Å². The van der Waals surface area contributed by atoms with E-state index in [1.807, 2.05) is 0 Å². The van der Waals surface area contributed by atoms with Gasteiger partial charge in [-0.05, 0) is 19.4 Å². The number of likely N-dealkylation sites (tertiary alicyclic amines) is 1. The Bertz CT molecular complexity index is 257. The first-order valence-electron chi connectivity index (χ1n) is 5.48. The van der Waals surface area contributed by atoms with E-state index in [1.165, 1.54) is 4.90 Å². The second-order valence-electron chi connectivity index (χ2n) is 4.37. The Balaban J connectivity index is 0.00000128. The second-order valence-corrected chi connectivity index (χ2v) is 4.37. The van der Waals surface area contributed by atoms with Gasteiger partial charge < -0.3 is 10.2 Å². The Morgan fingerprint density at radius 3 is 2.62 bits per heavy atom. The molecule has 1 amide bonds. The van der Waals surface area contributed by atoms with Gasteiger partial charge in [-0.25, -0.2) is 8.78 Å².